The highest BCUT2D eigenvalue weighted by molar-refractivity contribution is 5.60. The van der Waals surface area contributed by atoms with Gasteiger partial charge in [-0.1, -0.05) is 38.1 Å². The maximum Gasteiger partial charge on any atom is 0.137 e. The van der Waals surface area contributed by atoms with Gasteiger partial charge < -0.3 is 10.2 Å². The third-order valence-corrected chi connectivity index (χ3v) is 3.71. The van der Waals surface area contributed by atoms with E-state index in [0.717, 1.165) is 23.7 Å². The smallest absolute Gasteiger partial charge is 0.137 e. The number of hydrogen-bond donors (Lipinski definition) is 1. The van der Waals surface area contributed by atoms with Crippen molar-refractivity contribution in [3.63, 3.8) is 0 Å². The van der Waals surface area contributed by atoms with E-state index in [0.29, 0.717) is 5.92 Å². The highest BCUT2D eigenvalue weighted by Gasteiger charge is 2.17. The summed E-state index contributed by atoms with van der Waals surface area (Å²) in [6.07, 6.45) is 1.63. The fourth-order valence-corrected chi connectivity index (χ4v) is 2.54. The number of rotatable bonds is 5. The minimum atomic E-state index is 0.364. The lowest BCUT2D eigenvalue weighted by atomic mass is 10.0. The molecule has 0 atom stereocenters. The van der Waals surface area contributed by atoms with Crippen LogP contribution >= 0.6 is 0 Å². The molecule has 0 aliphatic rings. The second-order valence-electron chi connectivity index (χ2n) is 5.65. The van der Waals surface area contributed by atoms with Gasteiger partial charge in [0.15, 0.2) is 0 Å². The Balaban J connectivity index is 2.35. The summed E-state index contributed by atoms with van der Waals surface area (Å²) in [4.78, 5) is 11.0. The van der Waals surface area contributed by atoms with Gasteiger partial charge in [0.25, 0.3) is 0 Å². The largest absolute Gasteiger partial charge is 0.373 e. The van der Waals surface area contributed by atoms with Crippen LogP contribution in [0.15, 0.2) is 30.6 Å². The number of aromatic nitrogens is 2. The van der Waals surface area contributed by atoms with Crippen LogP contribution in [0.2, 0.25) is 0 Å². The van der Waals surface area contributed by atoms with Crippen molar-refractivity contribution in [2.75, 3.05) is 24.3 Å². The summed E-state index contributed by atoms with van der Waals surface area (Å²) in [5.74, 6) is 2.27. The first-order chi connectivity index (χ1) is 10.0. The molecule has 2 rings (SSSR count). The first-order valence-corrected chi connectivity index (χ1v) is 7.32. The Morgan fingerprint density at radius 2 is 1.90 bits per heavy atom. The van der Waals surface area contributed by atoms with E-state index < -0.39 is 0 Å². The summed E-state index contributed by atoms with van der Waals surface area (Å²) in [6, 6.07) is 8.47. The molecule has 21 heavy (non-hydrogen) atoms. The Kier molecular flexibility index (Phi) is 4.78. The second-order valence-corrected chi connectivity index (χ2v) is 5.65. The average Bonchev–Trinajstić information content (AvgIpc) is 2.48. The van der Waals surface area contributed by atoms with Gasteiger partial charge >= 0.3 is 0 Å². The molecule has 0 radical (unpaired) electrons. The van der Waals surface area contributed by atoms with Crippen LogP contribution in [0.25, 0.3) is 0 Å². The third-order valence-electron chi connectivity index (χ3n) is 3.71. The quantitative estimate of drug-likeness (QED) is 0.911. The topological polar surface area (TPSA) is 41.1 Å². The van der Waals surface area contributed by atoms with Crippen LogP contribution in [0, 0.1) is 6.92 Å². The average molecular weight is 284 g/mol. The SMILES string of the molecule is CNc1ncnc(N(C)Cc2ccccc2C)c1C(C)C. The summed E-state index contributed by atoms with van der Waals surface area (Å²) in [7, 11) is 3.99. The van der Waals surface area contributed by atoms with E-state index >= 15 is 0 Å². The van der Waals surface area contributed by atoms with Crippen molar-refractivity contribution < 1.29 is 0 Å². The molecule has 0 aliphatic heterocycles. The van der Waals surface area contributed by atoms with Gasteiger partial charge in [0.1, 0.15) is 18.0 Å². The molecule has 0 bridgehead atoms. The summed E-state index contributed by atoms with van der Waals surface area (Å²) >= 11 is 0. The molecule has 0 aliphatic carbocycles. The van der Waals surface area contributed by atoms with E-state index in [1.54, 1.807) is 6.33 Å². The summed E-state index contributed by atoms with van der Waals surface area (Å²) < 4.78 is 0. The number of nitrogens with zero attached hydrogens (tertiary/aromatic N) is 3. The van der Waals surface area contributed by atoms with Crippen LogP contribution < -0.4 is 10.2 Å². The molecule has 0 spiro atoms. The first kappa shape index (κ1) is 15.3. The second kappa shape index (κ2) is 6.57. The van der Waals surface area contributed by atoms with Gasteiger partial charge in [-0.05, 0) is 24.0 Å². The Bertz CT molecular complexity index is 607. The zero-order chi connectivity index (χ0) is 15.4. The van der Waals surface area contributed by atoms with Crippen LogP contribution in [0.3, 0.4) is 0 Å². The molecular formula is C17H24N4. The van der Waals surface area contributed by atoms with Crippen molar-refractivity contribution in [2.24, 2.45) is 0 Å². The summed E-state index contributed by atoms with van der Waals surface area (Å²) in [5.41, 5.74) is 3.79. The summed E-state index contributed by atoms with van der Waals surface area (Å²) in [6.45, 7) is 7.33. The number of aryl methyl sites for hydroxylation is 1. The predicted octanol–water partition coefficient (Wildman–Crippen LogP) is 3.59. The molecule has 4 nitrogen and oxygen atoms in total. The van der Waals surface area contributed by atoms with E-state index in [4.69, 9.17) is 0 Å². The molecule has 4 heteroatoms. The van der Waals surface area contributed by atoms with Crippen molar-refractivity contribution in [1.29, 1.82) is 0 Å². The zero-order valence-electron chi connectivity index (χ0n) is 13.5. The van der Waals surface area contributed by atoms with Crippen molar-refractivity contribution in [1.82, 2.24) is 9.97 Å². The van der Waals surface area contributed by atoms with E-state index in [-0.39, 0.29) is 0 Å². The van der Waals surface area contributed by atoms with Crippen LogP contribution in [-0.4, -0.2) is 24.1 Å². The molecule has 1 aromatic heterocycles. The van der Waals surface area contributed by atoms with Crippen LogP contribution in [-0.2, 0) is 6.54 Å². The number of anilines is 2. The number of benzene rings is 1. The maximum absolute atomic E-state index is 4.51. The molecule has 1 aromatic carbocycles. The summed E-state index contributed by atoms with van der Waals surface area (Å²) in [5, 5.41) is 3.17. The molecule has 0 saturated carbocycles. The van der Waals surface area contributed by atoms with E-state index in [1.807, 2.05) is 7.05 Å². The fraction of sp³-hybridized carbons (Fsp3) is 0.412. The predicted molar refractivity (Wildman–Crippen MR) is 89.0 cm³/mol. The Morgan fingerprint density at radius 1 is 1.19 bits per heavy atom. The minimum Gasteiger partial charge on any atom is -0.373 e. The van der Waals surface area contributed by atoms with Gasteiger partial charge in [-0.2, -0.15) is 0 Å². The third kappa shape index (κ3) is 3.32. The molecule has 1 heterocycles. The molecular weight excluding hydrogens is 260 g/mol. The normalized spacial score (nSPS) is 10.8. The lowest BCUT2D eigenvalue weighted by molar-refractivity contribution is 0.809. The highest BCUT2D eigenvalue weighted by atomic mass is 15.2. The Morgan fingerprint density at radius 3 is 2.52 bits per heavy atom. The van der Waals surface area contributed by atoms with Gasteiger partial charge in [-0.3, -0.25) is 0 Å². The van der Waals surface area contributed by atoms with Crippen molar-refractivity contribution in [2.45, 2.75) is 33.2 Å². The molecule has 0 unspecified atom stereocenters. The van der Waals surface area contributed by atoms with Gasteiger partial charge in [-0.15, -0.1) is 0 Å². The molecule has 2 aromatic rings. The van der Waals surface area contributed by atoms with Crippen molar-refractivity contribution in [3.8, 4) is 0 Å². The fourth-order valence-electron chi connectivity index (χ4n) is 2.54. The van der Waals surface area contributed by atoms with Crippen molar-refractivity contribution >= 4 is 11.6 Å². The van der Waals surface area contributed by atoms with E-state index in [9.17, 15) is 0 Å². The van der Waals surface area contributed by atoms with Crippen LogP contribution in [0.4, 0.5) is 11.6 Å². The lowest BCUT2D eigenvalue weighted by Gasteiger charge is -2.24. The van der Waals surface area contributed by atoms with Gasteiger partial charge in [0.2, 0.25) is 0 Å². The molecule has 0 amide bonds. The van der Waals surface area contributed by atoms with Crippen LogP contribution in [0.5, 0.6) is 0 Å². The van der Waals surface area contributed by atoms with Crippen LogP contribution in [0.1, 0.15) is 36.5 Å². The van der Waals surface area contributed by atoms with Gasteiger partial charge in [0.05, 0.1) is 0 Å². The Hall–Kier alpha value is -2.10. The van der Waals surface area contributed by atoms with E-state index in [1.165, 1.54) is 11.1 Å². The molecule has 1 N–H and O–H groups in total. The Labute approximate surface area is 127 Å². The first-order valence-electron chi connectivity index (χ1n) is 7.32. The zero-order valence-corrected chi connectivity index (χ0v) is 13.5. The minimum absolute atomic E-state index is 0.364. The monoisotopic (exact) mass is 284 g/mol. The molecule has 0 fully saturated rings. The number of nitrogens with one attached hydrogen (secondary N) is 1. The highest BCUT2D eigenvalue weighted by Crippen LogP contribution is 2.30. The molecule has 0 saturated heterocycles. The van der Waals surface area contributed by atoms with Crippen molar-refractivity contribution in [3.05, 3.63) is 47.3 Å². The standard InChI is InChI=1S/C17H24N4/c1-12(2)15-16(18-4)19-11-20-17(15)21(5)10-14-9-7-6-8-13(14)3/h6-9,11-12H,10H2,1-5H3,(H,18,19,20). The lowest BCUT2D eigenvalue weighted by Crippen LogP contribution is -2.21. The van der Waals surface area contributed by atoms with Gasteiger partial charge in [0, 0.05) is 26.2 Å². The van der Waals surface area contributed by atoms with Gasteiger partial charge in [-0.25, -0.2) is 9.97 Å². The van der Waals surface area contributed by atoms with E-state index in [2.05, 4.69) is 72.3 Å². The number of hydrogen-bond acceptors (Lipinski definition) is 4. The maximum atomic E-state index is 4.51. The molecule has 112 valence electrons.